The van der Waals surface area contributed by atoms with Crippen LogP contribution in [-0.2, 0) is 0 Å². The molecule has 1 heterocycles. The highest BCUT2D eigenvalue weighted by Gasteiger charge is 2.12. The number of para-hydroxylation sites is 2. The third-order valence-electron chi connectivity index (χ3n) is 6.22. The Bertz CT molecular complexity index is 844. The second kappa shape index (κ2) is 16.2. The van der Waals surface area contributed by atoms with E-state index in [0.29, 0.717) is 0 Å². The van der Waals surface area contributed by atoms with Gasteiger partial charge in [0, 0.05) is 24.2 Å². The summed E-state index contributed by atoms with van der Waals surface area (Å²) in [5.41, 5.74) is 2.38. The van der Waals surface area contributed by atoms with Gasteiger partial charge in [-0.25, -0.2) is 4.98 Å². The zero-order valence-electron chi connectivity index (χ0n) is 20.5. The van der Waals surface area contributed by atoms with Crippen molar-refractivity contribution in [3.63, 3.8) is 0 Å². The van der Waals surface area contributed by atoms with Crippen molar-refractivity contribution in [1.82, 2.24) is 4.98 Å². The monoisotopic (exact) mass is 482 g/mol. The van der Waals surface area contributed by atoms with Crippen molar-refractivity contribution in [3.8, 4) is 0 Å². The van der Waals surface area contributed by atoms with Gasteiger partial charge in [0.1, 0.15) is 0 Å². The van der Waals surface area contributed by atoms with Crippen LogP contribution in [0.2, 0.25) is 0 Å². The predicted molar refractivity (Wildman–Crippen MR) is 150 cm³/mol. The first kappa shape index (κ1) is 26.1. The van der Waals surface area contributed by atoms with Gasteiger partial charge in [-0.05, 0) is 30.7 Å². The lowest BCUT2D eigenvalue weighted by molar-refractivity contribution is 0.536. The standard InChI is InChI=1S/C29H42N2S2/c1-2-3-4-5-6-7-8-9-10-11-12-13-14-20-25-31(26-21-16-15-17-22-26)33-29-30-27-23-18-19-24-28(27)32-29/h15-19,21-24H,2-14,20,25H2,1H3. The molecule has 0 bridgehead atoms. The highest BCUT2D eigenvalue weighted by Crippen LogP contribution is 2.34. The first-order chi connectivity index (χ1) is 16.4. The highest BCUT2D eigenvalue weighted by molar-refractivity contribution is 8.02. The van der Waals surface area contributed by atoms with E-state index in [-0.39, 0.29) is 0 Å². The number of hydrogen-bond donors (Lipinski definition) is 0. The number of nitrogens with zero attached hydrogens (tertiary/aromatic N) is 2. The lowest BCUT2D eigenvalue weighted by Crippen LogP contribution is -2.15. The average Bonchev–Trinajstić information content (AvgIpc) is 3.26. The summed E-state index contributed by atoms with van der Waals surface area (Å²) < 4.78 is 4.83. The molecule has 0 saturated carbocycles. The predicted octanol–water partition coefficient (Wildman–Crippen LogP) is 10.3. The Kier molecular flexibility index (Phi) is 12.8. The number of benzene rings is 2. The van der Waals surface area contributed by atoms with Crippen LogP contribution in [0.1, 0.15) is 96.8 Å². The fourth-order valence-electron chi connectivity index (χ4n) is 4.26. The summed E-state index contributed by atoms with van der Waals surface area (Å²) in [4.78, 5) is 4.84. The van der Waals surface area contributed by atoms with E-state index in [1.807, 2.05) is 0 Å². The topological polar surface area (TPSA) is 16.1 Å². The molecule has 0 N–H and O–H groups in total. The van der Waals surface area contributed by atoms with Gasteiger partial charge >= 0.3 is 0 Å². The first-order valence-corrected chi connectivity index (χ1v) is 14.8. The van der Waals surface area contributed by atoms with Crippen molar-refractivity contribution in [2.75, 3.05) is 10.8 Å². The smallest absolute Gasteiger partial charge is 0.171 e. The molecule has 2 nitrogen and oxygen atoms in total. The maximum atomic E-state index is 4.84. The summed E-state index contributed by atoms with van der Waals surface area (Å²) in [7, 11) is 0. The van der Waals surface area contributed by atoms with Crippen LogP contribution >= 0.6 is 23.3 Å². The van der Waals surface area contributed by atoms with E-state index < -0.39 is 0 Å². The van der Waals surface area contributed by atoms with E-state index in [2.05, 4.69) is 65.8 Å². The summed E-state index contributed by atoms with van der Waals surface area (Å²) in [6.07, 6.45) is 19.6. The fraction of sp³-hybridized carbons (Fsp3) is 0.552. The zero-order chi connectivity index (χ0) is 23.0. The molecule has 3 aromatic rings. The van der Waals surface area contributed by atoms with Crippen molar-refractivity contribution >= 4 is 39.2 Å². The SMILES string of the molecule is CCCCCCCCCCCCCCCCN(Sc1nc2ccccc2s1)c1ccccc1. The number of aromatic nitrogens is 1. The van der Waals surface area contributed by atoms with Gasteiger partial charge in [0.2, 0.25) is 0 Å². The third-order valence-corrected chi connectivity index (χ3v) is 8.39. The minimum Gasteiger partial charge on any atom is -0.310 e. The lowest BCUT2D eigenvalue weighted by Gasteiger charge is -2.22. The van der Waals surface area contributed by atoms with E-state index in [0.717, 1.165) is 16.4 Å². The van der Waals surface area contributed by atoms with Crippen molar-refractivity contribution < 1.29 is 0 Å². The zero-order valence-corrected chi connectivity index (χ0v) is 22.1. The molecule has 1 aromatic heterocycles. The first-order valence-electron chi connectivity index (χ1n) is 13.2. The van der Waals surface area contributed by atoms with Gasteiger partial charge < -0.3 is 4.31 Å². The molecule has 180 valence electrons. The van der Waals surface area contributed by atoms with Crippen LogP contribution in [-0.4, -0.2) is 11.5 Å². The molecule has 0 radical (unpaired) electrons. The normalized spacial score (nSPS) is 11.3. The second-order valence-electron chi connectivity index (χ2n) is 9.07. The Hall–Kier alpha value is -1.52. The molecule has 0 atom stereocenters. The molecular formula is C29H42N2S2. The molecule has 2 aromatic carbocycles. The molecule has 0 fully saturated rings. The minimum absolute atomic E-state index is 1.07. The van der Waals surface area contributed by atoms with Crippen molar-refractivity contribution in [2.45, 2.75) is 101 Å². The van der Waals surface area contributed by atoms with Crippen molar-refractivity contribution in [3.05, 3.63) is 54.6 Å². The maximum Gasteiger partial charge on any atom is 0.171 e. The van der Waals surface area contributed by atoms with Crippen LogP contribution < -0.4 is 4.31 Å². The van der Waals surface area contributed by atoms with E-state index in [1.54, 1.807) is 23.3 Å². The Labute approximate surface area is 210 Å². The molecule has 4 heteroatoms. The molecule has 3 rings (SSSR count). The molecular weight excluding hydrogens is 440 g/mol. The number of rotatable bonds is 18. The molecule has 0 amide bonds. The average molecular weight is 483 g/mol. The van der Waals surface area contributed by atoms with E-state index in [9.17, 15) is 0 Å². The summed E-state index contributed by atoms with van der Waals surface area (Å²) >= 11 is 3.59. The van der Waals surface area contributed by atoms with Gasteiger partial charge in [-0.1, -0.05) is 121 Å². The van der Waals surface area contributed by atoms with Crippen LogP contribution in [0.5, 0.6) is 0 Å². The quantitative estimate of drug-likeness (QED) is 0.132. The highest BCUT2D eigenvalue weighted by atomic mass is 32.2. The van der Waals surface area contributed by atoms with Gasteiger partial charge in [-0.15, -0.1) is 11.3 Å². The fourth-order valence-corrected chi connectivity index (χ4v) is 6.42. The number of hydrogen-bond acceptors (Lipinski definition) is 4. The molecule has 0 unspecified atom stereocenters. The van der Waals surface area contributed by atoms with Crippen molar-refractivity contribution in [1.29, 1.82) is 0 Å². The Morgan fingerprint density at radius 1 is 0.667 bits per heavy atom. The van der Waals surface area contributed by atoms with E-state index in [1.165, 1.54) is 100 Å². The number of anilines is 1. The molecule has 0 aliphatic heterocycles. The summed E-state index contributed by atoms with van der Waals surface area (Å²) in [6.45, 7) is 3.37. The summed E-state index contributed by atoms with van der Waals surface area (Å²) in [5.74, 6) is 0. The van der Waals surface area contributed by atoms with Gasteiger partial charge in [0.05, 0.1) is 10.2 Å². The Morgan fingerprint density at radius 2 is 1.21 bits per heavy atom. The Balaban J connectivity index is 1.30. The van der Waals surface area contributed by atoms with Crippen molar-refractivity contribution in [2.24, 2.45) is 0 Å². The molecule has 0 aliphatic rings. The van der Waals surface area contributed by atoms with Crippen LogP contribution in [0.4, 0.5) is 5.69 Å². The van der Waals surface area contributed by atoms with E-state index in [4.69, 9.17) is 4.98 Å². The number of thiazole rings is 1. The minimum atomic E-state index is 1.07. The van der Waals surface area contributed by atoms with Crippen LogP contribution in [0, 0.1) is 0 Å². The van der Waals surface area contributed by atoms with Gasteiger partial charge in [-0.2, -0.15) is 0 Å². The second-order valence-corrected chi connectivity index (χ2v) is 11.4. The maximum absolute atomic E-state index is 4.84. The molecule has 0 spiro atoms. The van der Waals surface area contributed by atoms with Crippen LogP contribution in [0.15, 0.2) is 58.9 Å². The van der Waals surface area contributed by atoms with E-state index >= 15 is 0 Å². The lowest BCUT2D eigenvalue weighted by atomic mass is 10.0. The third kappa shape index (κ3) is 10.1. The molecule has 0 saturated heterocycles. The molecule has 0 aliphatic carbocycles. The number of unbranched alkanes of at least 4 members (excludes halogenated alkanes) is 13. The molecule has 33 heavy (non-hydrogen) atoms. The van der Waals surface area contributed by atoms with Gasteiger partial charge in [0.25, 0.3) is 0 Å². The number of fused-ring (bicyclic) bond motifs is 1. The van der Waals surface area contributed by atoms with Gasteiger partial charge in [-0.3, -0.25) is 0 Å². The van der Waals surface area contributed by atoms with Crippen LogP contribution in [0.3, 0.4) is 0 Å². The van der Waals surface area contributed by atoms with Crippen LogP contribution in [0.25, 0.3) is 10.2 Å². The van der Waals surface area contributed by atoms with Gasteiger partial charge in [0.15, 0.2) is 4.34 Å². The largest absolute Gasteiger partial charge is 0.310 e. The summed E-state index contributed by atoms with van der Waals surface area (Å²) in [6, 6.07) is 19.2. The Morgan fingerprint density at radius 3 is 1.82 bits per heavy atom. The summed E-state index contributed by atoms with van der Waals surface area (Å²) in [5, 5.41) is 0.